The lowest BCUT2D eigenvalue weighted by atomic mass is 9.98. The summed E-state index contributed by atoms with van der Waals surface area (Å²) in [6.45, 7) is 11.5. The summed E-state index contributed by atoms with van der Waals surface area (Å²) < 4.78 is 16.6. The van der Waals surface area contributed by atoms with Crippen molar-refractivity contribution in [1.29, 1.82) is 0 Å². The van der Waals surface area contributed by atoms with Crippen LogP contribution in [0.5, 0.6) is 5.75 Å². The molecule has 0 unspecified atom stereocenters. The van der Waals surface area contributed by atoms with Crippen LogP contribution < -0.4 is 15.4 Å². The molecule has 0 bridgehead atoms. The van der Waals surface area contributed by atoms with Crippen LogP contribution in [0.15, 0.2) is 54.0 Å². The molecule has 232 valence electrons. The first-order chi connectivity index (χ1) is 21.4. The fourth-order valence-corrected chi connectivity index (χ4v) is 6.70. The Balaban J connectivity index is 1.76. The highest BCUT2D eigenvalue weighted by atomic mass is 35.5. The van der Waals surface area contributed by atoms with Crippen molar-refractivity contribution >= 4 is 45.8 Å². The van der Waals surface area contributed by atoms with Crippen molar-refractivity contribution in [2.45, 2.75) is 45.7 Å². The van der Waals surface area contributed by atoms with Crippen LogP contribution in [-0.4, -0.2) is 68.6 Å². The van der Waals surface area contributed by atoms with Gasteiger partial charge in [-0.05, 0) is 55.7 Å². The third kappa shape index (κ3) is 4.56. The highest BCUT2D eigenvalue weighted by Gasteiger charge is 2.46. The van der Waals surface area contributed by atoms with E-state index in [1.807, 2.05) is 32.6 Å². The van der Waals surface area contributed by atoms with Crippen LogP contribution in [0.25, 0.3) is 28.0 Å². The first-order valence-electron chi connectivity index (χ1n) is 14.6. The number of likely N-dealkylation sites (N-methyl/N-ethyl adjacent to an activating group) is 1. The number of amides is 2. The van der Waals surface area contributed by atoms with Gasteiger partial charge >= 0.3 is 0 Å². The second-order valence-corrected chi connectivity index (χ2v) is 12.2. The van der Waals surface area contributed by atoms with Gasteiger partial charge in [0.1, 0.15) is 23.3 Å². The summed E-state index contributed by atoms with van der Waals surface area (Å²) in [7, 11) is 1.54. The number of anilines is 2. The van der Waals surface area contributed by atoms with Gasteiger partial charge < -0.3 is 19.8 Å². The van der Waals surface area contributed by atoms with E-state index in [-0.39, 0.29) is 70.2 Å². The highest BCUT2D eigenvalue weighted by molar-refractivity contribution is 6.34. The highest BCUT2D eigenvalue weighted by Crippen LogP contribution is 2.45. The van der Waals surface area contributed by atoms with Gasteiger partial charge in [-0.15, -0.1) is 0 Å². The Labute approximate surface area is 264 Å². The summed E-state index contributed by atoms with van der Waals surface area (Å²) in [4.78, 5) is 55.5. The molecule has 0 aliphatic carbocycles. The van der Waals surface area contributed by atoms with Crippen LogP contribution in [-0.2, 0) is 9.59 Å². The van der Waals surface area contributed by atoms with Gasteiger partial charge in [0.25, 0.3) is 11.5 Å². The SMILES string of the molecule is C=CC(=O)N1C[C@@H]2C(=O)N(C)c3c(c4cc(Cl)c(-c5c(O)cccc5F)nc4n(-c4c(C)ccnc4C(C)C)c3=O)N2C[C@H]1C. The smallest absolute Gasteiger partial charge is 0.283 e. The topological polar surface area (TPSA) is 112 Å². The summed E-state index contributed by atoms with van der Waals surface area (Å²) in [6, 6.07) is 6.15. The van der Waals surface area contributed by atoms with Crippen molar-refractivity contribution in [2.75, 3.05) is 29.9 Å². The van der Waals surface area contributed by atoms with Gasteiger partial charge in [-0.2, -0.15) is 0 Å². The summed E-state index contributed by atoms with van der Waals surface area (Å²) in [6.07, 6.45) is 2.88. The Morgan fingerprint density at radius 3 is 2.58 bits per heavy atom. The molecule has 10 nitrogen and oxygen atoms in total. The zero-order valence-electron chi connectivity index (χ0n) is 25.5. The van der Waals surface area contributed by atoms with Crippen LogP contribution >= 0.6 is 11.6 Å². The summed E-state index contributed by atoms with van der Waals surface area (Å²) in [5, 5.41) is 11.1. The van der Waals surface area contributed by atoms with E-state index in [2.05, 4.69) is 11.6 Å². The van der Waals surface area contributed by atoms with Crippen molar-refractivity contribution in [2.24, 2.45) is 0 Å². The van der Waals surface area contributed by atoms with E-state index in [1.165, 1.54) is 40.8 Å². The Morgan fingerprint density at radius 1 is 1.18 bits per heavy atom. The molecule has 4 aromatic rings. The lowest BCUT2D eigenvalue weighted by Gasteiger charge is -2.49. The number of hydrogen-bond donors (Lipinski definition) is 1. The normalized spacial score (nSPS) is 18.0. The minimum atomic E-state index is -0.790. The van der Waals surface area contributed by atoms with Gasteiger partial charge in [0, 0.05) is 31.2 Å². The molecule has 2 amide bonds. The van der Waals surface area contributed by atoms with Crippen LogP contribution in [0.1, 0.15) is 37.9 Å². The molecule has 1 fully saturated rings. The number of aromatic hydroxyl groups is 1. The molecule has 1 N–H and O–H groups in total. The number of carbonyl (C=O) groups is 2. The van der Waals surface area contributed by atoms with Gasteiger partial charge in [0.2, 0.25) is 5.91 Å². The van der Waals surface area contributed by atoms with E-state index in [9.17, 15) is 19.5 Å². The van der Waals surface area contributed by atoms with Crippen molar-refractivity contribution in [3.63, 3.8) is 0 Å². The standard InChI is InChI=1S/C33H32ClFN6O4/c1-7-24(43)39-15-22-32(44)38(6)30-29(40(22)14-18(39)5)19-13-20(34)27(25-21(35)9-8-10-23(25)42)37-31(19)41(33(30)45)28-17(4)11-12-36-26(28)16(2)3/h7-13,16,18,22,42H,1,14-15H2,2-6H3/t18-,22-/m1/s1. The monoisotopic (exact) mass is 630 g/mol. The summed E-state index contributed by atoms with van der Waals surface area (Å²) >= 11 is 6.82. The third-order valence-corrected chi connectivity index (χ3v) is 8.93. The Kier molecular flexibility index (Phi) is 7.39. The maximum atomic E-state index is 15.2. The molecule has 2 atom stereocenters. The van der Waals surface area contributed by atoms with Crippen LogP contribution in [0.4, 0.5) is 15.8 Å². The Bertz CT molecular complexity index is 1970. The second-order valence-electron chi connectivity index (χ2n) is 11.8. The van der Waals surface area contributed by atoms with Gasteiger partial charge in [-0.1, -0.05) is 38.1 Å². The molecule has 6 rings (SSSR count). The van der Waals surface area contributed by atoms with Gasteiger partial charge in [0.15, 0.2) is 5.65 Å². The number of rotatable bonds is 4. The molecule has 0 radical (unpaired) electrons. The van der Waals surface area contributed by atoms with Crippen LogP contribution in [0.3, 0.4) is 0 Å². The molecule has 0 spiro atoms. The van der Waals surface area contributed by atoms with Crippen LogP contribution in [0, 0.1) is 12.7 Å². The largest absolute Gasteiger partial charge is 0.507 e. The number of benzene rings is 1. The number of aromatic nitrogens is 3. The van der Waals surface area contributed by atoms with Crippen LogP contribution in [0.2, 0.25) is 5.02 Å². The maximum absolute atomic E-state index is 15.2. The number of pyridine rings is 3. The molecule has 2 aliphatic heterocycles. The zero-order chi connectivity index (χ0) is 32.5. The zero-order valence-corrected chi connectivity index (χ0v) is 26.3. The first-order valence-corrected chi connectivity index (χ1v) is 14.9. The first kappa shape index (κ1) is 30.3. The molecule has 0 saturated carbocycles. The molecule has 2 aliphatic rings. The maximum Gasteiger partial charge on any atom is 0.283 e. The number of nitrogens with zero attached hydrogens (tertiary/aromatic N) is 6. The lowest BCUT2D eigenvalue weighted by Crippen LogP contribution is -2.66. The second kappa shape index (κ2) is 11.0. The predicted octanol–water partition coefficient (Wildman–Crippen LogP) is 4.95. The van der Waals surface area contributed by atoms with Gasteiger partial charge in [-0.3, -0.25) is 23.9 Å². The Morgan fingerprint density at radius 2 is 1.91 bits per heavy atom. The van der Waals surface area contributed by atoms with E-state index in [4.69, 9.17) is 16.6 Å². The number of hydrogen-bond acceptors (Lipinski definition) is 7. The van der Waals surface area contributed by atoms with E-state index in [1.54, 1.807) is 23.2 Å². The van der Waals surface area contributed by atoms with E-state index >= 15 is 4.39 Å². The minimum absolute atomic E-state index is 0.0342. The number of aryl methyl sites for hydroxylation is 1. The molecule has 12 heteroatoms. The summed E-state index contributed by atoms with van der Waals surface area (Å²) in [5.41, 5.74) is 1.77. The average Bonchev–Trinajstić information content (AvgIpc) is 2.99. The van der Waals surface area contributed by atoms with Crippen molar-refractivity contribution in [3.05, 3.63) is 81.6 Å². The van der Waals surface area contributed by atoms with E-state index in [0.29, 0.717) is 22.5 Å². The number of phenols is 1. The number of fused-ring (bicyclic) bond motifs is 5. The molecule has 3 aromatic heterocycles. The Hall–Kier alpha value is -4.77. The molecule has 45 heavy (non-hydrogen) atoms. The van der Waals surface area contributed by atoms with Crippen molar-refractivity contribution in [1.82, 2.24) is 19.4 Å². The minimum Gasteiger partial charge on any atom is -0.507 e. The molecular formula is C33H32ClFN6O4. The van der Waals surface area contributed by atoms with Crippen molar-refractivity contribution < 1.29 is 19.1 Å². The van der Waals surface area contributed by atoms with Crippen molar-refractivity contribution in [3.8, 4) is 22.7 Å². The molecule has 1 aromatic carbocycles. The third-order valence-electron chi connectivity index (χ3n) is 8.64. The molecular weight excluding hydrogens is 599 g/mol. The quantitative estimate of drug-likeness (QED) is 0.318. The van der Waals surface area contributed by atoms with E-state index in [0.717, 1.165) is 5.56 Å². The fourth-order valence-electron chi connectivity index (χ4n) is 6.45. The predicted molar refractivity (Wildman–Crippen MR) is 172 cm³/mol. The number of piperazine rings is 1. The lowest BCUT2D eigenvalue weighted by molar-refractivity contribution is -0.130. The van der Waals surface area contributed by atoms with Gasteiger partial charge in [0.05, 0.1) is 39.9 Å². The van der Waals surface area contributed by atoms with E-state index < -0.39 is 17.4 Å². The number of phenolic OH excluding ortho intramolecular Hbond substituents is 1. The molecule has 1 saturated heterocycles. The number of halogens is 2. The van der Waals surface area contributed by atoms with Gasteiger partial charge in [-0.25, -0.2) is 9.37 Å². The fraction of sp³-hybridized carbons (Fsp3) is 0.303. The molecule has 5 heterocycles. The average molecular weight is 631 g/mol. The summed E-state index contributed by atoms with van der Waals surface area (Å²) in [5.74, 6) is -1.84. The number of carbonyl (C=O) groups excluding carboxylic acids is 2.